The molecule has 0 saturated heterocycles. The molecule has 0 bridgehead atoms. The van der Waals surface area contributed by atoms with Gasteiger partial charge in [0.1, 0.15) is 16.2 Å². The SMILES string of the molecule is CC(C)(C)CCC1(C)C(=O)C(C2=NS(O)(O)c3cc(NS(C)(=O)=O)ccc3N2)=C(O)c2ccccc21.[H-].[Na+]. The maximum Gasteiger partial charge on any atom is 1.00 e. The van der Waals surface area contributed by atoms with Gasteiger partial charge in [-0.3, -0.25) is 18.6 Å². The normalized spacial score (nSPS) is 21.6. The Balaban J connectivity index is 0.00000253. The summed E-state index contributed by atoms with van der Waals surface area (Å²) >= 11 is 0. The number of aliphatic hydroxyl groups is 1. The van der Waals surface area contributed by atoms with Crippen LogP contribution in [0.15, 0.2) is 57.3 Å². The van der Waals surface area contributed by atoms with Crippen molar-refractivity contribution in [2.75, 3.05) is 16.3 Å². The molecule has 2 aromatic carbocycles. The molecule has 2 aromatic rings. The molecule has 0 radical (unpaired) electrons. The quantitative estimate of drug-likeness (QED) is 0.355. The zero-order chi connectivity index (χ0) is 26.7. The second-order valence-electron chi connectivity index (χ2n) is 10.7. The summed E-state index contributed by atoms with van der Waals surface area (Å²) in [5, 5.41) is 14.2. The minimum Gasteiger partial charge on any atom is -1.00 e. The number of hydrogen-bond acceptors (Lipinski definition) is 8. The van der Waals surface area contributed by atoms with Crippen LogP contribution in [-0.2, 0) is 20.2 Å². The summed E-state index contributed by atoms with van der Waals surface area (Å²) in [7, 11) is -7.41. The van der Waals surface area contributed by atoms with E-state index >= 15 is 0 Å². The average Bonchev–Trinajstić information content (AvgIpc) is 2.75. The second kappa shape index (κ2) is 10.0. The number of rotatable bonds is 5. The minimum absolute atomic E-state index is 0. The Morgan fingerprint density at radius 1 is 1.16 bits per heavy atom. The number of Topliss-reactive ketones (excluding diaryl/α,β-unsaturated/α-hetero) is 1. The largest absolute Gasteiger partial charge is 1.00 e. The first kappa shape index (κ1) is 29.7. The van der Waals surface area contributed by atoms with Crippen LogP contribution in [0, 0.1) is 5.41 Å². The summed E-state index contributed by atoms with van der Waals surface area (Å²) in [6, 6.07) is 11.3. The summed E-state index contributed by atoms with van der Waals surface area (Å²) in [5.41, 5.74) is 0.451. The van der Waals surface area contributed by atoms with Gasteiger partial charge in [-0.05, 0) is 48.9 Å². The fourth-order valence-corrected chi connectivity index (χ4v) is 6.21. The molecule has 0 spiro atoms. The van der Waals surface area contributed by atoms with Gasteiger partial charge in [-0.2, -0.15) is 0 Å². The number of fused-ring (bicyclic) bond motifs is 2. The predicted octanol–water partition coefficient (Wildman–Crippen LogP) is 2.66. The molecule has 1 aliphatic heterocycles. The smallest absolute Gasteiger partial charge is 1.00 e. The zero-order valence-corrected chi connectivity index (χ0v) is 25.4. The third kappa shape index (κ3) is 5.93. The molecule has 196 valence electrons. The Hall–Kier alpha value is -1.86. The molecule has 4 rings (SSSR count). The third-order valence-electron chi connectivity index (χ3n) is 6.41. The summed E-state index contributed by atoms with van der Waals surface area (Å²) in [4.78, 5) is 14.0. The van der Waals surface area contributed by atoms with Gasteiger partial charge in [-0.15, -0.1) is 4.40 Å². The van der Waals surface area contributed by atoms with Gasteiger partial charge in [-0.25, -0.2) is 8.42 Å². The Bertz CT molecular complexity index is 1440. The van der Waals surface area contributed by atoms with Crippen LogP contribution in [0.25, 0.3) is 5.76 Å². The molecule has 37 heavy (non-hydrogen) atoms. The van der Waals surface area contributed by atoms with E-state index in [-0.39, 0.29) is 75.6 Å². The first-order valence-electron chi connectivity index (χ1n) is 11.4. The molecule has 0 amide bonds. The van der Waals surface area contributed by atoms with Gasteiger partial charge in [0.2, 0.25) is 10.0 Å². The molecule has 12 heteroatoms. The number of carbonyl (C=O) groups is 1. The second-order valence-corrected chi connectivity index (χ2v) is 14.1. The van der Waals surface area contributed by atoms with Crippen LogP contribution < -0.4 is 39.6 Å². The molecule has 1 heterocycles. The molecule has 5 N–H and O–H groups in total. The third-order valence-corrected chi connectivity index (χ3v) is 8.38. The summed E-state index contributed by atoms with van der Waals surface area (Å²) in [6.45, 7) is 8.12. The topological polar surface area (TPSA) is 148 Å². The number of amidine groups is 1. The van der Waals surface area contributed by atoms with E-state index in [1.54, 1.807) is 12.1 Å². The van der Waals surface area contributed by atoms with E-state index in [0.717, 1.165) is 12.7 Å². The van der Waals surface area contributed by atoms with Crippen LogP contribution >= 0.6 is 10.8 Å². The van der Waals surface area contributed by atoms with E-state index in [1.165, 1.54) is 18.2 Å². The van der Waals surface area contributed by atoms with Gasteiger partial charge in [0.15, 0.2) is 11.6 Å². The van der Waals surface area contributed by atoms with Gasteiger partial charge < -0.3 is 11.8 Å². The molecule has 9 nitrogen and oxygen atoms in total. The molecule has 1 aliphatic carbocycles. The average molecular weight is 558 g/mol. The number of anilines is 2. The predicted molar refractivity (Wildman–Crippen MR) is 145 cm³/mol. The maximum atomic E-state index is 14.0. The Labute approximate surface area is 242 Å². The molecular formula is C25H32N3NaO6S2. The number of nitrogens with one attached hydrogen (secondary N) is 2. The number of ketones is 1. The molecule has 2 aliphatic rings. The van der Waals surface area contributed by atoms with Gasteiger partial charge >= 0.3 is 29.6 Å². The van der Waals surface area contributed by atoms with Gasteiger partial charge in [-0.1, -0.05) is 55.8 Å². The number of aliphatic hydroxyl groups excluding tert-OH is 1. The van der Waals surface area contributed by atoms with Crippen molar-refractivity contribution < 1.29 is 58.4 Å². The van der Waals surface area contributed by atoms with E-state index in [1.807, 2.05) is 19.1 Å². The number of carbonyl (C=O) groups excluding carboxylic acids is 1. The van der Waals surface area contributed by atoms with Crippen molar-refractivity contribution >= 4 is 49.6 Å². The van der Waals surface area contributed by atoms with Gasteiger partial charge in [0.05, 0.1) is 23.0 Å². The van der Waals surface area contributed by atoms with E-state index < -0.39 is 26.2 Å². The van der Waals surface area contributed by atoms with E-state index in [2.05, 4.69) is 35.2 Å². The first-order chi connectivity index (χ1) is 16.5. The molecule has 0 aromatic heterocycles. The van der Waals surface area contributed by atoms with Crippen molar-refractivity contribution in [2.24, 2.45) is 9.81 Å². The van der Waals surface area contributed by atoms with Gasteiger partial charge in [0.25, 0.3) is 0 Å². The summed E-state index contributed by atoms with van der Waals surface area (Å²) in [5.74, 6) is -0.808. The van der Waals surface area contributed by atoms with Crippen LogP contribution in [0.2, 0.25) is 0 Å². The van der Waals surface area contributed by atoms with Crippen LogP contribution in [0.5, 0.6) is 0 Å². The monoisotopic (exact) mass is 557 g/mol. The number of hydrogen-bond donors (Lipinski definition) is 5. The summed E-state index contributed by atoms with van der Waals surface area (Å²) < 4.78 is 51.3. The van der Waals surface area contributed by atoms with Crippen molar-refractivity contribution in [3.05, 3.63) is 59.2 Å². The van der Waals surface area contributed by atoms with Crippen molar-refractivity contribution in [3.8, 4) is 0 Å². The Morgan fingerprint density at radius 2 is 1.81 bits per heavy atom. The number of sulfonamides is 1. The fraction of sp³-hybridized carbons (Fsp3) is 0.360. The van der Waals surface area contributed by atoms with Crippen molar-refractivity contribution in [2.45, 2.75) is 50.8 Å². The van der Waals surface area contributed by atoms with E-state index in [4.69, 9.17) is 0 Å². The van der Waals surface area contributed by atoms with E-state index in [9.17, 15) is 27.4 Å². The van der Waals surface area contributed by atoms with E-state index in [0.29, 0.717) is 17.5 Å². The van der Waals surface area contributed by atoms with Crippen molar-refractivity contribution in [1.82, 2.24) is 0 Å². The zero-order valence-electron chi connectivity index (χ0n) is 22.8. The van der Waals surface area contributed by atoms with Crippen LogP contribution in [0.3, 0.4) is 0 Å². The first-order valence-corrected chi connectivity index (χ1v) is 14.8. The minimum atomic E-state index is -3.82. The standard InChI is InChI=1S/C25H31N3O6S2.Na.H/c1-24(2,3)12-13-25(4)17-9-7-6-8-16(17)21(29)20(22(25)30)23-26-18-11-10-15(27-35(5,31)32)14-19(18)36(33,34)28-23;;/h6-11,14,27,29,33-34H,12-13H2,1-5H3,(H,26,28);;/q;+1;-1. The molecule has 1 unspecified atom stereocenters. The van der Waals surface area contributed by atoms with Crippen molar-refractivity contribution in [3.63, 3.8) is 0 Å². The number of benzene rings is 2. The van der Waals surface area contributed by atoms with Crippen LogP contribution in [0.1, 0.15) is 53.1 Å². The van der Waals surface area contributed by atoms with Crippen LogP contribution in [0.4, 0.5) is 11.4 Å². The maximum absolute atomic E-state index is 14.0. The number of nitrogens with zero attached hydrogens (tertiary/aromatic N) is 1. The molecule has 0 fully saturated rings. The molecule has 0 saturated carbocycles. The molecule has 1 atom stereocenters. The fourth-order valence-electron chi connectivity index (χ4n) is 4.47. The summed E-state index contributed by atoms with van der Waals surface area (Å²) in [6.07, 6.45) is 2.24. The van der Waals surface area contributed by atoms with Crippen LogP contribution in [-0.4, -0.2) is 40.5 Å². The molecular weight excluding hydrogens is 525 g/mol. The van der Waals surface area contributed by atoms with Gasteiger partial charge in [0, 0.05) is 5.56 Å². The Kier molecular flexibility index (Phi) is 8.05. The van der Waals surface area contributed by atoms with Crippen molar-refractivity contribution in [1.29, 1.82) is 0 Å². The Morgan fingerprint density at radius 3 is 2.43 bits per heavy atom.